The van der Waals surface area contributed by atoms with E-state index < -0.39 is 0 Å². The molecule has 0 aliphatic heterocycles. The van der Waals surface area contributed by atoms with Gasteiger partial charge in [-0.25, -0.2) is 0 Å². The molecule has 1 aromatic carbocycles. The van der Waals surface area contributed by atoms with Crippen LogP contribution in [0.25, 0.3) is 6.08 Å². The molecule has 0 heterocycles. The minimum absolute atomic E-state index is 0.658. The van der Waals surface area contributed by atoms with Crippen LogP contribution in [0.15, 0.2) is 22.2 Å². The van der Waals surface area contributed by atoms with Gasteiger partial charge in [0.05, 0.1) is 24.3 Å². The Hall–Kier alpha value is -1.47. The number of ether oxygens (including phenoxy) is 2. The largest absolute Gasteiger partial charge is 0.493 e. The Morgan fingerprint density at radius 1 is 0.848 bits per heavy atom. The van der Waals surface area contributed by atoms with E-state index in [1.54, 1.807) is 14.0 Å². The fourth-order valence-corrected chi connectivity index (χ4v) is 4.64. The standard InChI is InChI=1S/C29H46BrNO2/c1-4-5-6-7-8-9-10-11-12-13-14-15-16-17-18-19-20-33-29-27(30)22-26(21-25(2)24-31)23-28(29)32-3/h21-23H,4-20H2,1-3H3/b25-21-. The lowest BCUT2D eigenvalue weighted by Gasteiger charge is -2.13. The van der Waals surface area contributed by atoms with Crippen molar-refractivity contribution in [2.24, 2.45) is 0 Å². The van der Waals surface area contributed by atoms with Crippen molar-refractivity contribution < 1.29 is 9.47 Å². The van der Waals surface area contributed by atoms with Crippen molar-refractivity contribution >= 4 is 22.0 Å². The normalized spacial score (nSPS) is 11.4. The fraction of sp³-hybridized carbons (Fsp3) is 0.690. The van der Waals surface area contributed by atoms with Gasteiger partial charge < -0.3 is 9.47 Å². The Balaban J connectivity index is 2.06. The molecule has 0 amide bonds. The van der Waals surface area contributed by atoms with Gasteiger partial charge in [-0.1, -0.05) is 103 Å². The second-order valence-electron chi connectivity index (χ2n) is 9.13. The maximum absolute atomic E-state index is 8.98. The number of hydrogen-bond donors (Lipinski definition) is 0. The summed E-state index contributed by atoms with van der Waals surface area (Å²) in [6, 6.07) is 6.02. The molecule has 0 N–H and O–H groups in total. The van der Waals surface area contributed by atoms with Gasteiger partial charge >= 0.3 is 0 Å². The van der Waals surface area contributed by atoms with Crippen LogP contribution in [0.2, 0.25) is 0 Å². The fourth-order valence-electron chi connectivity index (χ4n) is 4.07. The highest BCUT2D eigenvalue weighted by molar-refractivity contribution is 9.10. The molecule has 33 heavy (non-hydrogen) atoms. The summed E-state index contributed by atoms with van der Waals surface area (Å²) >= 11 is 3.58. The highest BCUT2D eigenvalue weighted by atomic mass is 79.9. The molecule has 0 fully saturated rings. The molecule has 0 saturated heterocycles. The molecular formula is C29H46BrNO2. The molecular weight excluding hydrogens is 474 g/mol. The van der Waals surface area contributed by atoms with E-state index in [1.165, 1.54) is 96.3 Å². The SMILES string of the molecule is CCCCCCCCCCCCCCCCCCOc1c(Br)cc(/C=C(/C)C#N)cc1OC. The lowest BCUT2D eigenvalue weighted by molar-refractivity contribution is 0.283. The van der Waals surface area contributed by atoms with Crippen LogP contribution < -0.4 is 9.47 Å². The third-order valence-corrected chi connectivity index (χ3v) is 6.64. The molecule has 0 bridgehead atoms. The minimum atomic E-state index is 0.658. The summed E-state index contributed by atoms with van der Waals surface area (Å²) in [7, 11) is 1.65. The van der Waals surface area contributed by atoms with Crippen molar-refractivity contribution in [2.75, 3.05) is 13.7 Å². The first-order valence-corrected chi connectivity index (χ1v) is 14.0. The first-order valence-electron chi connectivity index (χ1n) is 13.2. The van der Waals surface area contributed by atoms with Crippen molar-refractivity contribution in [1.29, 1.82) is 5.26 Å². The molecule has 0 atom stereocenters. The molecule has 1 aromatic rings. The predicted molar refractivity (Wildman–Crippen MR) is 145 cm³/mol. The van der Waals surface area contributed by atoms with Crippen LogP contribution in [0.3, 0.4) is 0 Å². The van der Waals surface area contributed by atoms with Crippen LogP contribution >= 0.6 is 15.9 Å². The molecule has 0 radical (unpaired) electrons. The zero-order chi connectivity index (χ0) is 24.2. The highest BCUT2D eigenvalue weighted by Gasteiger charge is 2.11. The van der Waals surface area contributed by atoms with Gasteiger partial charge in [-0.3, -0.25) is 0 Å². The van der Waals surface area contributed by atoms with Crippen molar-refractivity contribution in [3.05, 3.63) is 27.7 Å². The van der Waals surface area contributed by atoms with Gasteiger partial charge in [0, 0.05) is 5.57 Å². The van der Waals surface area contributed by atoms with Crippen LogP contribution in [-0.4, -0.2) is 13.7 Å². The quantitative estimate of drug-likeness (QED) is 0.127. The predicted octanol–water partition coefficient (Wildman–Crippen LogP) is 10.0. The number of unbranched alkanes of at least 4 members (excludes halogenated alkanes) is 15. The van der Waals surface area contributed by atoms with Gasteiger partial charge in [0.25, 0.3) is 0 Å². The first-order chi connectivity index (χ1) is 16.1. The Labute approximate surface area is 212 Å². The van der Waals surface area contributed by atoms with Crippen LogP contribution in [0.1, 0.15) is 122 Å². The van der Waals surface area contributed by atoms with E-state index in [2.05, 4.69) is 28.9 Å². The van der Waals surface area contributed by atoms with Gasteiger partial charge in [0.1, 0.15) is 0 Å². The Morgan fingerprint density at radius 3 is 1.79 bits per heavy atom. The summed E-state index contributed by atoms with van der Waals surface area (Å²) < 4.78 is 12.4. The van der Waals surface area contributed by atoms with E-state index in [1.807, 2.05) is 18.2 Å². The third kappa shape index (κ3) is 14.4. The summed E-state index contributed by atoms with van der Waals surface area (Å²) in [5, 5.41) is 8.98. The van der Waals surface area contributed by atoms with E-state index in [0.717, 1.165) is 22.2 Å². The maximum Gasteiger partial charge on any atom is 0.175 e. The Bertz CT molecular complexity index is 708. The molecule has 0 spiro atoms. The van der Waals surface area contributed by atoms with Gasteiger partial charge in [-0.05, 0) is 53.0 Å². The molecule has 1 rings (SSSR count). The van der Waals surface area contributed by atoms with E-state index in [9.17, 15) is 0 Å². The Kier molecular flexibility index (Phi) is 17.9. The van der Waals surface area contributed by atoms with E-state index >= 15 is 0 Å². The Morgan fingerprint density at radius 2 is 1.33 bits per heavy atom. The number of halogens is 1. The zero-order valence-electron chi connectivity index (χ0n) is 21.4. The van der Waals surface area contributed by atoms with E-state index in [0.29, 0.717) is 17.9 Å². The zero-order valence-corrected chi connectivity index (χ0v) is 23.0. The molecule has 0 aliphatic carbocycles. The minimum Gasteiger partial charge on any atom is -0.493 e. The lowest BCUT2D eigenvalue weighted by Crippen LogP contribution is -2.00. The number of rotatable bonds is 20. The number of nitriles is 1. The van der Waals surface area contributed by atoms with E-state index in [-0.39, 0.29) is 0 Å². The van der Waals surface area contributed by atoms with Gasteiger partial charge in [0.15, 0.2) is 11.5 Å². The molecule has 3 nitrogen and oxygen atoms in total. The number of benzene rings is 1. The summed E-state index contributed by atoms with van der Waals surface area (Å²) in [4.78, 5) is 0. The maximum atomic E-state index is 8.98. The molecule has 186 valence electrons. The highest BCUT2D eigenvalue weighted by Crippen LogP contribution is 2.37. The molecule has 0 saturated carbocycles. The van der Waals surface area contributed by atoms with Crippen LogP contribution in [0, 0.1) is 11.3 Å². The monoisotopic (exact) mass is 519 g/mol. The first kappa shape index (κ1) is 29.6. The summed E-state index contributed by atoms with van der Waals surface area (Å²) in [6.07, 6.45) is 23.7. The lowest BCUT2D eigenvalue weighted by atomic mass is 10.0. The van der Waals surface area contributed by atoms with Crippen LogP contribution in [-0.2, 0) is 0 Å². The van der Waals surface area contributed by atoms with E-state index in [4.69, 9.17) is 14.7 Å². The van der Waals surface area contributed by atoms with Gasteiger partial charge in [-0.2, -0.15) is 5.26 Å². The molecule has 0 unspecified atom stereocenters. The summed E-state index contributed by atoms with van der Waals surface area (Å²) in [5.41, 5.74) is 1.58. The molecule has 4 heteroatoms. The van der Waals surface area contributed by atoms with Crippen molar-refractivity contribution in [1.82, 2.24) is 0 Å². The van der Waals surface area contributed by atoms with Crippen LogP contribution in [0.4, 0.5) is 0 Å². The second-order valence-corrected chi connectivity index (χ2v) is 9.98. The molecule has 0 aromatic heterocycles. The van der Waals surface area contributed by atoms with Gasteiger partial charge in [0.2, 0.25) is 0 Å². The molecule has 0 aliphatic rings. The van der Waals surface area contributed by atoms with Crippen LogP contribution in [0.5, 0.6) is 11.5 Å². The summed E-state index contributed by atoms with van der Waals surface area (Å²) in [5.74, 6) is 1.43. The second kappa shape index (κ2) is 20.0. The third-order valence-electron chi connectivity index (χ3n) is 6.06. The van der Waals surface area contributed by atoms with Crippen molar-refractivity contribution in [3.63, 3.8) is 0 Å². The van der Waals surface area contributed by atoms with Gasteiger partial charge in [-0.15, -0.1) is 0 Å². The number of methoxy groups -OCH3 is 1. The number of nitrogens with zero attached hydrogens (tertiary/aromatic N) is 1. The topological polar surface area (TPSA) is 42.2 Å². The summed E-state index contributed by atoms with van der Waals surface area (Å²) in [6.45, 7) is 4.77. The average molecular weight is 521 g/mol. The number of hydrogen-bond acceptors (Lipinski definition) is 3. The average Bonchev–Trinajstić information content (AvgIpc) is 2.81. The number of allylic oxidation sites excluding steroid dienone is 1. The van der Waals surface area contributed by atoms with Crippen molar-refractivity contribution in [3.8, 4) is 17.6 Å². The smallest absolute Gasteiger partial charge is 0.175 e. The van der Waals surface area contributed by atoms with Crippen molar-refractivity contribution in [2.45, 2.75) is 117 Å².